The van der Waals surface area contributed by atoms with Gasteiger partial charge in [0.25, 0.3) is 6.01 Å². The maximum Gasteiger partial charge on any atom is 1.00 e. The molecular weight excluding hydrogens is 215 g/mol. The van der Waals surface area contributed by atoms with Crippen LogP contribution in [-0.4, -0.2) is 29.7 Å². The summed E-state index contributed by atoms with van der Waals surface area (Å²) >= 11 is 0. The van der Waals surface area contributed by atoms with Gasteiger partial charge in [0.2, 0.25) is 0 Å². The Bertz CT molecular complexity index is 544. The number of carbonyl (C=O) groups is 1. The van der Waals surface area contributed by atoms with Crippen molar-refractivity contribution in [2.45, 2.75) is 6.92 Å². The van der Waals surface area contributed by atoms with Crippen LogP contribution < -0.4 is 23.8 Å². The van der Waals surface area contributed by atoms with Crippen molar-refractivity contribution in [2.24, 2.45) is 0 Å². The molecule has 0 unspecified atom stereocenters. The molecule has 0 saturated heterocycles. The molecule has 1 aromatic carbocycles. The minimum Gasteiger partial charge on any atom is -1.00 e. The largest absolute Gasteiger partial charge is 1.00 e. The summed E-state index contributed by atoms with van der Waals surface area (Å²) in [5.41, 5.74) is 1.05. The van der Waals surface area contributed by atoms with Gasteiger partial charge in [0, 0.05) is 13.6 Å². The number of hydrogen-bond acceptors (Lipinski definition) is 4. The van der Waals surface area contributed by atoms with E-state index >= 15 is 0 Å². The van der Waals surface area contributed by atoms with Crippen LogP contribution in [0.4, 0.5) is 6.01 Å². The van der Waals surface area contributed by atoms with Gasteiger partial charge in [0.05, 0.1) is 5.56 Å². The van der Waals surface area contributed by atoms with Crippen molar-refractivity contribution in [3.8, 4) is 0 Å². The smallest absolute Gasteiger partial charge is 1.00 e. The monoisotopic (exact) mass is 228 g/mol. The Labute approximate surface area is 112 Å². The Morgan fingerprint density at radius 2 is 2.29 bits per heavy atom. The predicted octanol–water partition coefficient (Wildman–Crippen LogP) is -0.901. The van der Waals surface area contributed by atoms with Crippen molar-refractivity contribution in [1.82, 2.24) is 4.98 Å². The molecule has 17 heavy (non-hydrogen) atoms. The minimum absolute atomic E-state index is 0. The van der Waals surface area contributed by atoms with Crippen molar-refractivity contribution in [2.75, 3.05) is 18.5 Å². The van der Waals surface area contributed by atoms with Gasteiger partial charge in [0.15, 0.2) is 5.58 Å². The molecule has 0 amide bonds. The second kappa shape index (κ2) is 5.26. The van der Waals surface area contributed by atoms with Gasteiger partial charge in [-0.3, -0.25) is 0 Å². The molecule has 1 heterocycles. The standard InChI is InChI=1S/C11H12N2O3.Li.H/c1-3-13(2)11-12-9-7(10(14)15)5-4-6-8(9)16-11;;/h4-6H,3H2,1-2H3,(H,14,15);;/q;+1;-1. The van der Waals surface area contributed by atoms with Crippen molar-refractivity contribution in [3.63, 3.8) is 0 Å². The first-order valence-electron chi connectivity index (χ1n) is 4.97. The van der Waals surface area contributed by atoms with Crippen molar-refractivity contribution in [1.29, 1.82) is 0 Å². The number of aromatic carboxylic acids is 1. The predicted molar refractivity (Wildman–Crippen MR) is 61.0 cm³/mol. The number of oxazole rings is 1. The molecule has 1 aromatic heterocycles. The molecule has 0 bridgehead atoms. The van der Waals surface area contributed by atoms with Gasteiger partial charge in [0.1, 0.15) is 5.52 Å². The van der Waals surface area contributed by atoms with Crippen molar-refractivity contribution in [3.05, 3.63) is 23.8 Å². The molecule has 0 radical (unpaired) electrons. The number of hydrogen-bond donors (Lipinski definition) is 1. The molecule has 0 aliphatic rings. The fourth-order valence-electron chi connectivity index (χ4n) is 1.41. The summed E-state index contributed by atoms with van der Waals surface area (Å²) in [4.78, 5) is 17.0. The molecule has 6 heteroatoms. The molecule has 0 atom stereocenters. The quantitative estimate of drug-likeness (QED) is 0.689. The average Bonchev–Trinajstić information content (AvgIpc) is 2.70. The van der Waals surface area contributed by atoms with E-state index in [9.17, 15) is 4.79 Å². The first kappa shape index (κ1) is 13.6. The maximum atomic E-state index is 11.0. The zero-order valence-corrected chi connectivity index (χ0v) is 10.1. The van der Waals surface area contributed by atoms with E-state index in [1.807, 2.05) is 18.9 Å². The average molecular weight is 228 g/mol. The number of aromatic nitrogens is 1. The topological polar surface area (TPSA) is 66.6 Å². The van der Waals surface area contributed by atoms with Gasteiger partial charge < -0.3 is 15.9 Å². The molecule has 0 saturated carbocycles. The molecule has 1 N–H and O–H groups in total. The third-order valence-corrected chi connectivity index (χ3v) is 2.44. The number of carboxylic acids is 1. The summed E-state index contributed by atoms with van der Waals surface area (Å²) in [6.07, 6.45) is 0. The van der Waals surface area contributed by atoms with Crippen LogP contribution in [0.25, 0.3) is 11.1 Å². The third-order valence-electron chi connectivity index (χ3n) is 2.44. The Morgan fingerprint density at radius 1 is 1.59 bits per heavy atom. The third kappa shape index (κ3) is 2.46. The van der Waals surface area contributed by atoms with Gasteiger partial charge in [-0.2, -0.15) is 4.98 Å². The van der Waals surface area contributed by atoms with E-state index in [1.165, 1.54) is 6.07 Å². The van der Waals surface area contributed by atoms with Crippen LogP contribution in [0.5, 0.6) is 0 Å². The van der Waals surface area contributed by atoms with Gasteiger partial charge in [-0.1, -0.05) is 6.07 Å². The number of rotatable bonds is 3. The van der Waals surface area contributed by atoms with Crippen LogP contribution in [0.2, 0.25) is 0 Å². The first-order chi connectivity index (χ1) is 7.63. The van der Waals surface area contributed by atoms with Crippen LogP contribution in [0.3, 0.4) is 0 Å². The van der Waals surface area contributed by atoms with Gasteiger partial charge >= 0.3 is 24.8 Å². The summed E-state index contributed by atoms with van der Waals surface area (Å²) in [6.45, 7) is 2.71. The molecule has 86 valence electrons. The summed E-state index contributed by atoms with van der Waals surface area (Å²) in [7, 11) is 1.84. The summed E-state index contributed by atoms with van der Waals surface area (Å²) in [5.74, 6) is -0.996. The molecule has 5 nitrogen and oxygen atoms in total. The second-order valence-electron chi connectivity index (χ2n) is 3.47. The zero-order valence-electron chi connectivity index (χ0n) is 11.1. The summed E-state index contributed by atoms with van der Waals surface area (Å²) in [6, 6.07) is 5.31. The van der Waals surface area contributed by atoms with Crippen LogP contribution >= 0.6 is 0 Å². The van der Waals surface area contributed by atoms with E-state index in [0.29, 0.717) is 17.1 Å². The number of benzene rings is 1. The van der Waals surface area contributed by atoms with Crippen LogP contribution in [-0.2, 0) is 0 Å². The Balaban J connectivity index is 0.00000144. The second-order valence-corrected chi connectivity index (χ2v) is 3.47. The summed E-state index contributed by atoms with van der Waals surface area (Å²) in [5, 5.41) is 8.99. The van der Waals surface area contributed by atoms with E-state index < -0.39 is 5.97 Å². The Kier molecular flexibility index (Phi) is 4.21. The van der Waals surface area contributed by atoms with Crippen molar-refractivity contribution >= 4 is 23.1 Å². The minimum atomic E-state index is -0.996. The van der Waals surface area contributed by atoms with E-state index in [1.54, 1.807) is 12.1 Å². The normalized spacial score (nSPS) is 10.0. The number of fused-ring (bicyclic) bond motifs is 1. The SMILES string of the molecule is CCN(C)c1nc2c(C(=O)O)cccc2o1.[H-].[Li+]. The Morgan fingerprint density at radius 3 is 2.88 bits per heavy atom. The van der Waals surface area contributed by atoms with Gasteiger partial charge in [-0.05, 0) is 19.1 Å². The van der Waals surface area contributed by atoms with E-state index in [4.69, 9.17) is 9.52 Å². The fourth-order valence-corrected chi connectivity index (χ4v) is 1.41. The number of anilines is 1. The summed E-state index contributed by atoms with van der Waals surface area (Å²) < 4.78 is 5.46. The van der Waals surface area contributed by atoms with Crippen LogP contribution in [0.1, 0.15) is 18.7 Å². The fraction of sp³-hybridized carbons (Fsp3) is 0.273. The molecule has 2 rings (SSSR count). The van der Waals surface area contributed by atoms with E-state index in [-0.39, 0.29) is 25.9 Å². The van der Waals surface area contributed by atoms with Crippen LogP contribution in [0.15, 0.2) is 22.6 Å². The zero-order chi connectivity index (χ0) is 11.7. The van der Waals surface area contributed by atoms with Crippen LogP contribution in [0, 0.1) is 0 Å². The van der Waals surface area contributed by atoms with Crippen molar-refractivity contribution < 1.29 is 34.6 Å². The number of para-hydroxylation sites is 1. The number of nitrogens with zero attached hydrogens (tertiary/aromatic N) is 2. The Hall–Kier alpha value is -1.44. The van der Waals surface area contributed by atoms with Gasteiger partial charge in [-0.25, -0.2) is 4.79 Å². The van der Waals surface area contributed by atoms with Gasteiger partial charge in [-0.15, -0.1) is 0 Å². The number of carboxylic acid groups (broad SMARTS) is 1. The van der Waals surface area contributed by atoms with E-state index in [0.717, 1.165) is 6.54 Å². The molecule has 0 aliphatic heterocycles. The molecule has 0 spiro atoms. The first-order valence-corrected chi connectivity index (χ1v) is 4.97. The molecule has 0 aliphatic carbocycles. The molecule has 2 aromatic rings. The molecular formula is C11H13LiN2O3. The maximum absolute atomic E-state index is 11.0. The van der Waals surface area contributed by atoms with E-state index in [2.05, 4.69) is 4.98 Å². The molecule has 0 fully saturated rings.